The normalized spacial score (nSPS) is 35.9. The summed E-state index contributed by atoms with van der Waals surface area (Å²) in [5.74, 6) is 0. The fourth-order valence-corrected chi connectivity index (χ4v) is 2.26. The van der Waals surface area contributed by atoms with E-state index in [1.807, 2.05) is 0 Å². The maximum absolute atomic E-state index is 11.1. The number of nitrogens with one attached hydrogen (secondary N) is 1. The molecule has 18 heavy (non-hydrogen) atoms. The minimum absolute atomic E-state index is 0.0681. The number of ether oxygens (including phenoxy) is 1. The van der Waals surface area contributed by atoms with Crippen LogP contribution in [0.3, 0.4) is 0 Å². The first-order chi connectivity index (χ1) is 8.37. The Morgan fingerprint density at radius 2 is 2.33 bits per heavy atom. The third-order valence-electron chi connectivity index (χ3n) is 3.04. The molecule has 100 valence electrons. The average molecular weight is 274 g/mol. The van der Waals surface area contributed by atoms with Crippen LogP contribution in [0.15, 0.2) is 17.1 Å². The fraction of sp³-hybridized carbons (Fsp3) is 0.600. The number of aliphatic hydroxyl groups excluding tert-OH is 2. The summed E-state index contributed by atoms with van der Waals surface area (Å²) >= 11 is 4.96. The van der Waals surface area contributed by atoms with Crippen molar-refractivity contribution >= 4 is 12.2 Å². The Morgan fingerprint density at radius 1 is 1.67 bits per heavy atom. The summed E-state index contributed by atoms with van der Waals surface area (Å²) < 4.78 is 6.77. The summed E-state index contributed by atoms with van der Waals surface area (Å²) in [4.78, 5) is 13.5. The van der Waals surface area contributed by atoms with Gasteiger partial charge in [-0.2, -0.15) is 0 Å². The highest BCUT2D eigenvalue weighted by molar-refractivity contribution is 7.71. The number of aliphatic hydroxyl groups is 3. The van der Waals surface area contributed by atoms with Gasteiger partial charge in [-0.15, -0.1) is 0 Å². The summed E-state index contributed by atoms with van der Waals surface area (Å²) in [7, 11) is 0. The summed E-state index contributed by atoms with van der Waals surface area (Å²) in [6, 6.07) is 1.23. The van der Waals surface area contributed by atoms with Crippen LogP contribution in [0.25, 0.3) is 0 Å². The minimum Gasteiger partial charge on any atom is -0.394 e. The van der Waals surface area contributed by atoms with Gasteiger partial charge in [-0.1, -0.05) is 0 Å². The first-order valence-electron chi connectivity index (χ1n) is 5.36. The number of rotatable bonds is 2. The van der Waals surface area contributed by atoms with Crippen molar-refractivity contribution in [2.24, 2.45) is 0 Å². The van der Waals surface area contributed by atoms with Crippen molar-refractivity contribution in [3.8, 4) is 0 Å². The predicted molar refractivity (Wildman–Crippen MR) is 63.5 cm³/mol. The van der Waals surface area contributed by atoms with E-state index in [9.17, 15) is 15.0 Å². The van der Waals surface area contributed by atoms with Crippen LogP contribution in [-0.2, 0) is 4.74 Å². The van der Waals surface area contributed by atoms with Gasteiger partial charge in [0.25, 0.3) is 5.56 Å². The van der Waals surface area contributed by atoms with Gasteiger partial charge in [-0.05, 0) is 19.1 Å². The van der Waals surface area contributed by atoms with Gasteiger partial charge < -0.3 is 20.1 Å². The maximum atomic E-state index is 11.1. The molecule has 0 radical (unpaired) electrons. The first-order valence-corrected chi connectivity index (χ1v) is 5.77. The number of H-pyrrole nitrogens is 1. The molecule has 0 unspecified atom stereocenters. The van der Waals surface area contributed by atoms with Gasteiger partial charge in [0.1, 0.15) is 17.8 Å². The quantitative estimate of drug-likeness (QED) is 0.510. The Hall–Kier alpha value is -1.06. The molecule has 1 aromatic rings. The molecule has 0 spiro atoms. The van der Waals surface area contributed by atoms with Crippen LogP contribution in [-0.4, -0.2) is 49.3 Å². The van der Waals surface area contributed by atoms with Crippen molar-refractivity contribution in [2.75, 3.05) is 6.61 Å². The standard InChI is InChI=1S/C10H14N2O5S/c1-10(16)7(15)5(4-13)17-8(10)12-3-2-6(14)11-9(12)18/h2-3,5,7-8,13,15-16H,4H2,1H3,(H,11,14,18)/t5-,7-,8-,10-/m1/s1. The summed E-state index contributed by atoms with van der Waals surface area (Å²) in [5.41, 5.74) is -1.99. The molecular formula is C10H14N2O5S. The summed E-state index contributed by atoms with van der Waals surface area (Å²) in [6.45, 7) is 0.954. The molecule has 1 aromatic heterocycles. The molecule has 7 nitrogen and oxygen atoms in total. The van der Waals surface area contributed by atoms with E-state index in [2.05, 4.69) is 4.98 Å². The Balaban J connectivity index is 2.45. The van der Waals surface area contributed by atoms with Crippen LogP contribution in [0.2, 0.25) is 0 Å². The highest BCUT2D eigenvalue weighted by atomic mass is 32.1. The van der Waals surface area contributed by atoms with Crippen LogP contribution in [0.1, 0.15) is 13.2 Å². The molecule has 8 heteroatoms. The lowest BCUT2D eigenvalue weighted by Gasteiger charge is -2.27. The largest absolute Gasteiger partial charge is 0.394 e. The number of aromatic amines is 1. The van der Waals surface area contributed by atoms with Crippen LogP contribution < -0.4 is 5.56 Å². The Kier molecular flexibility index (Phi) is 3.39. The number of hydrogen-bond acceptors (Lipinski definition) is 6. The lowest BCUT2D eigenvalue weighted by Crippen LogP contribution is -2.44. The second kappa shape index (κ2) is 4.56. The fourth-order valence-electron chi connectivity index (χ4n) is 2.00. The van der Waals surface area contributed by atoms with Crippen molar-refractivity contribution in [1.82, 2.24) is 9.55 Å². The zero-order valence-corrected chi connectivity index (χ0v) is 10.4. The molecule has 4 atom stereocenters. The van der Waals surface area contributed by atoms with Crippen LogP contribution in [0, 0.1) is 4.77 Å². The first kappa shape index (κ1) is 13.4. The molecule has 1 aliphatic heterocycles. The highest BCUT2D eigenvalue weighted by Crippen LogP contribution is 2.37. The van der Waals surface area contributed by atoms with Gasteiger partial charge >= 0.3 is 0 Å². The van der Waals surface area contributed by atoms with E-state index < -0.39 is 30.6 Å². The van der Waals surface area contributed by atoms with E-state index in [-0.39, 0.29) is 10.3 Å². The average Bonchev–Trinajstić information content (AvgIpc) is 2.52. The van der Waals surface area contributed by atoms with Gasteiger partial charge in [0, 0.05) is 12.3 Å². The molecule has 1 aliphatic rings. The van der Waals surface area contributed by atoms with Crippen molar-refractivity contribution < 1.29 is 20.1 Å². The lowest BCUT2D eigenvalue weighted by molar-refractivity contribution is -0.0979. The van der Waals surface area contributed by atoms with Gasteiger partial charge in [-0.3, -0.25) is 14.3 Å². The molecular weight excluding hydrogens is 260 g/mol. The van der Waals surface area contributed by atoms with E-state index in [0.29, 0.717) is 0 Å². The Labute approximate surface area is 107 Å². The van der Waals surface area contributed by atoms with Gasteiger partial charge in [-0.25, -0.2) is 0 Å². The molecule has 0 bridgehead atoms. The maximum Gasteiger partial charge on any atom is 0.251 e. The Morgan fingerprint density at radius 3 is 2.83 bits per heavy atom. The van der Waals surface area contributed by atoms with E-state index in [1.165, 1.54) is 23.8 Å². The van der Waals surface area contributed by atoms with Gasteiger partial charge in [0.05, 0.1) is 6.61 Å². The van der Waals surface area contributed by atoms with Crippen molar-refractivity contribution in [3.05, 3.63) is 27.4 Å². The third-order valence-corrected chi connectivity index (χ3v) is 3.35. The molecule has 1 saturated heterocycles. The predicted octanol–water partition coefficient (Wildman–Crippen LogP) is -1.09. The second-order valence-electron chi connectivity index (χ2n) is 4.40. The van der Waals surface area contributed by atoms with E-state index in [0.717, 1.165) is 0 Å². The van der Waals surface area contributed by atoms with Crippen molar-refractivity contribution in [1.29, 1.82) is 0 Å². The zero-order valence-electron chi connectivity index (χ0n) is 9.61. The summed E-state index contributed by atoms with van der Waals surface area (Å²) in [5, 5.41) is 29.1. The van der Waals surface area contributed by atoms with Crippen LogP contribution in [0.4, 0.5) is 0 Å². The molecule has 0 saturated carbocycles. The lowest BCUT2D eigenvalue weighted by atomic mass is 9.96. The van der Waals surface area contributed by atoms with Crippen LogP contribution >= 0.6 is 12.2 Å². The topological polar surface area (TPSA) is 108 Å². The second-order valence-corrected chi connectivity index (χ2v) is 4.78. The SMILES string of the molecule is C[C@@]1(O)[C@H](O)[C@@H](CO)O[C@H]1n1ccc(=O)[nH]c1=S. The molecule has 2 rings (SSSR count). The van der Waals surface area contributed by atoms with Gasteiger partial charge in [0.15, 0.2) is 11.0 Å². The zero-order chi connectivity index (χ0) is 13.5. The van der Waals surface area contributed by atoms with Gasteiger partial charge in [0.2, 0.25) is 0 Å². The Bertz CT molecular complexity index is 552. The highest BCUT2D eigenvalue weighted by Gasteiger charge is 2.52. The third kappa shape index (κ3) is 2.02. The molecule has 1 fully saturated rings. The monoisotopic (exact) mass is 274 g/mol. The van der Waals surface area contributed by atoms with E-state index >= 15 is 0 Å². The van der Waals surface area contributed by atoms with E-state index in [1.54, 1.807) is 0 Å². The number of hydrogen-bond donors (Lipinski definition) is 4. The van der Waals surface area contributed by atoms with Crippen LogP contribution in [0.5, 0.6) is 0 Å². The van der Waals surface area contributed by atoms with Crippen molar-refractivity contribution in [2.45, 2.75) is 31.0 Å². The molecule has 0 amide bonds. The smallest absolute Gasteiger partial charge is 0.251 e. The minimum atomic E-state index is -1.62. The number of nitrogens with zero attached hydrogens (tertiary/aromatic N) is 1. The molecule has 0 aliphatic carbocycles. The molecule has 2 heterocycles. The summed E-state index contributed by atoms with van der Waals surface area (Å²) in [6.07, 6.45) is -1.76. The number of aromatic nitrogens is 2. The van der Waals surface area contributed by atoms with E-state index in [4.69, 9.17) is 22.1 Å². The van der Waals surface area contributed by atoms with Crippen molar-refractivity contribution in [3.63, 3.8) is 0 Å². The molecule has 0 aromatic carbocycles. The molecule has 4 N–H and O–H groups in total.